The normalized spacial score (nSPS) is 10.3. The van der Waals surface area contributed by atoms with Gasteiger partial charge in [-0.1, -0.05) is 12.1 Å². The lowest BCUT2D eigenvalue weighted by molar-refractivity contribution is -0.387. The summed E-state index contributed by atoms with van der Waals surface area (Å²) in [5.41, 5.74) is -0.0613. The van der Waals surface area contributed by atoms with Gasteiger partial charge in [0.05, 0.1) is 23.3 Å². The van der Waals surface area contributed by atoms with Gasteiger partial charge in [0.15, 0.2) is 6.61 Å². The maximum atomic E-state index is 13.4. The largest absolute Gasteiger partial charge is 0.467 e. The van der Waals surface area contributed by atoms with Crippen LogP contribution in [0.5, 0.6) is 0 Å². The Bertz CT molecular complexity index is 1070. The summed E-state index contributed by atoms with van der Waals surface area (Å²) in [5, 5.41) is 16.1. The van der Waals surface area contributed by atoms with Gasteiger partial charge in [-0.3, -0.25) is 14.9 Å². The number of nitrogens with one attached hydrogen (secondary N) is 2. The molecule has 2 aromatic carbocycles. The molecule has 1 heterocycles. The molecule has 0 bridgehead atoms. The van der Waals surface area contributed by atoms with E-state index in [0.29, 0.717) is 18.0 Å². The van der Waals surface area contributed by atoms with Crippen molar-refractivity contribution in [3.05, 3.63) is 88.1 Å². The second-order valence-corrected chi connectivity index (χ2v) is 6.03. The van der Waals surface area contributed by atoms with Crippen molar-refractivity contribution in [2.45, 2.75) is 6.54 Å². The average molecular weight is 413 g/mol. The number of para-hydroxylation sites is 1. The molecular formula is C20H16FN3O6. The highest BCUT2D eigenvalue weighted by Crippen LogP contribution is 2.22. The van der Waals surface area contributed by atoms with Crippen molar-refractivity contribution in [3.8, 4) is 0 Å². The zero-order valence-electron chi connectivity index (χ0n) is 15.5. The Morgan fingerprint density at radius 3 is 2.67 bits per heavy atom. The first-order chi connectivity index (χ1) is 14.4. The van der Waals surface area contributed by atoms with Crippen molar-refractivity contribution in [1.82, 2.24) is 0 Å². The Labute approximate surface area is 169 Å². The molecule has 3 rings (SSSR count). The zero-order valence-corrected chi connectivity index (χ0v) is 15.5. The number of halogens is 1. The molecule has 0 radical (unpaired) electrons. The minimum absolute atomic E-state index is 0.00432. The van der Waals surface area contributed by atoms with Crippen LogP contribution in [0.4, 0.5) is 21.5 Å². The minimum Gasteiger partial charge on any atom is -0.467 e. The van der Waals surface area contributed by atoms with Crippen molar-refractivity contribution in [3.63, 3.8) is 0 Å². The highest BCUT2D eigenvalue weighted by molar-refractivity contribution is 5.98. The van der Waals surface area contributed by atoms with Crippen molar-refractivity contribution in [2.24, 2.45) is 0 Å². The first-order valence-corrected chi connectivity index (χ1v) is 8.70. The van der Waals surface area contributed by atoms with E-state index in [4.69, 9.17) is 9.15 Å². The van der Waals surface area contributed by atoms with Gasteiger partial charge >= 0.3 is 11.7 Å². The summed E-state index contributed by atoms with van der Waals surface area (Å²) in [6.45, 7) is -0.280. The van der Waals surface area contributed by atoms with E-state index in [-0.39, 0.29) is 11.3 Å². The van der Waals surface area contributed by atoms with Gasteiger partial charge in [-0.15, -0.1) is 0 Å². The minimum atomic E-state index is -1.02. The van der Waals surface area contributed by atoms with Crippen LogP contribution in [0.15, 0.2) is 65.3 Å². The molecule has 0 unspecified atom stereocenters. The number of benzene rings is 2. The van der Waals surface area contributed by atoms with Crippen LogP contribution in [-0.4, -0.2) is 23.4 Å². The SMILES string of the molecule is O=C(COC(=O)c1ccccc1NCc1ccco1)Nc1ccc(F)c([N+](=O)[O-])c1. The van der Waals surface area contributed by atoms with Gasteiger partial charge in [0.25, 0.3) is 5.91 Å². The average Bonchev–Trinajstić information content (AvgIpc) is 3.25. The van der Waals surface area contributed by atoms with Gasteiger partial charge < -0.3 is 19.8 Å². The molecule has 154 valence electrons. The first-order valence-electron chi connectivity index (χ1n) is 8.70. The third kappa shape index (κ3) is 5.19. The van der Waals surface area contributed by atoms with E-state index >= 15 is 0 Å². The summed E-state index contributed by atoms with van der Waals surface area (Å²) in [5.74, 6) is -1.82. The Balaban J connectivity index is 1.58. The molecule has 0 saturated carbocycles. The van der Waals surface area contributed by atoms with Crippen LogP contribution in [0.25, 0.3) is 0 Å². The van der Waals surface area contributed by atoms with Crippen molar-refractivity contribution < 1.29 is 28.1 Å². The molecule has 0 aliphatic heterocycles. The van der Waals surface area contributed by atoms with Crippen molar-refractivity contribution in [1.29, 1.82) is 0 Å². The summed E-state index contributed by atoms with van der Waals surface area (Å²) >= 11 is 0. The Kier molecular flexibility index (Phi) is 6.38. The molecule has 1 amide bonds. The number of esters is 1. The fourth-order valence-corrected chi connectivity index (χ4v) is 2.55. The molecule has 10 heteroatoms. The van der Waals surface area contributed by atoms with Crippen molar-refractivity contribution in [2.75, 3.05) is 17.2 Å². The maximum Gasteiger partial charge on any atom is 0.340 e. The molecule has 1 aromatic heterocycles. The number of ether oxygens (including phenoxy) is 1. The Morgan fingerprint density at radius 1 is 1.13 bits per heavy atom. The first kappa shape index (κ1) is 20.5. The predicted octanol–water partition coefficient (Wildman–Crippen LogP) is 3.73. The molecule has 30 heavy (non-hydrogen) atoms. The number of amides is 1. The molecule has 0 fully saturated rings. The Morgan fingerprint density at radius 2 is 1.93 bits per heavy atom. The molecular weight excluding hydrogens is 397 g/mol. The molecule has 0 saturated heterocycles. The van der Waals surface area contributed by atoms with Crippen LogP contribution in [0.3, 0.4) is 0 Å². The van der Waals surface area contributed by atoms with E-state index in [9.17, 15) is 24.1 Å². The van der Waals surface area contributed by atoms with Gasteiger partial charge in [-0.25, -0.2) is 4.79 Å². The van der Waals surface area contributed by atoms with E-state index in [2.05, 4.69) is 10.6 Å². The summed E-state index contributed by atoms with van der Waals surface area (Å²) < 4.78 is 23.6. The zero-order chi connectivity index (χ0) is 21.5. The van der Waals surface area contributed by atoms with Crippen LogP contribution in [0, 0.1) is 15.9 Å². The lowest BCUT2D eigenvalue weighted by Crippen LogP contribution is -2.21. The number of anilines is 2. The fraction of sp³-hybridized carbons (Fsp3) is 0.100. The van der Waals surface area contributed by atoms with Gasteiger partial charge in [0.1, 0.15) is 5.76 Å². The second kappa shape index (κ2) is 9.32. The lowest BCUT2D eigenvalue weighted by atomic mass is 10.2. The monoisotopic (exact) mass is 413 g/mol. The quantitative estimate of drug-likeness (QED) is 0.327. The standard InChI is InChI=1S/C20H16FN3O6/c21-16-8-7-13(10-18(16)24(27)28)23-19(25)12-30-20(26)15-5-1-2-6-17(15)22-11-14-4-3-9-29-14/h1-10,22H,11-12H2,(H,23,25). The third-order valence-electron chi connectivity index (χ3n) is 3.94. The van der Waals surface area contributed by atoms with Gasteiger partial charge in [-0.05, 0) is 36.4 Å². The summed E-state index contributed by atoms with van der Waals surface area (Å²) in [7, 11) is 0. The maximum absolute atomic E-state index is 13.4. The van der Waals surface area contributed by atoms with Crippen LogP contribution >= 0.6 is 0 Å². The smallest absolute Gasteiger partial charge is 0.340 e. The number of hydrogen-bond acceptors (Lipinski definition) is 7. The molecule has 0 aliphatic rings. The van der Waals surface area contributed by atoms with Crippen LogP contribution < -0.4 is 10.6 Å². The van der Waals surface area contributed by atoms with E-state index < -0.39 is 34.9 Å². The summed E-state index contributed by atoms with van der Waals surface area (Å²) in [6, 6.07) is 13.0. The molecule has 0 atom stereocenters. The highest BCUT2D eigenvalue weighted by Gasteiger charge is 2.17. The highest BCUT2D eigenvalue weighted by atomic mass is 19.1. The summed E-state index contributed by atoms with van der Waals surface area (Å²) in [4.78, 5) is 34.2. The van der Waals surface area contributed by atoms with E-state index in [1.165, 1.54) is 12.3 Å². The van der Waals surface area contributed by atoms with Gasteiger partial charge in [0.2, 0.25) is 5.82 Å². The number of carbonyl (C=O) groups excluding carboxylic acids is 2. The number of nitro groups is 1. The Hall–Kier alpha value is -4.21. The molecule has 9 nitrogen and oxygen atoms in total. The third-order valence-corrected chi connectivity index (χ3v) is 3.94. The second-order valence-electron chi connectivity index (χ2n) is 6.03. The van der Waals surface area contributed by atoms with Crippen LogP contribution in [0.2, 0.25) is 0 Å². The van der Waals surface area contributed by atoms with E-state index in [1.807, 2.05) is 0 Å². The molecule has 0 aliphatic carbocycles. The van der Waals surface area contributed by atoms with Crippen molar-refractivity contribution >= 4 is 28.9 Å². The molecule has 2 N–H and O–H groups in total. The number of hydrogen-bond donors (Lipinski definition) is 2. The fourth-order valence-electron chi connectivity index (χ4n) is 2.55. The summed E-state index contributed by atoms with van der Waals surface area (Å²) in [6.07, 6.45) is 1.53. The van der Waals surface area contributed by atoms with Gasteiger partial charge in [-0.2, -0.15) is 4.39 Å². The van der Waals surface area contributed by atoms with Gasteiger partial charge in [0, 0.05) is 17.4 Å². The molecule has 0 spiro atoms. The number of rotatable bonds is 8. The lowest BCUT2D eigenvalue weighted by Gasteiger charge is -2.11. The number of nitro benzene ring substituents is 1. The van der Waals surface area contributed by atoms with E-state index in [1.54, 1.807) is 30.3 Å². The number of carbonyl (C=O) groups is 2. The predicted molar refractivity (Wildman–Crippen MR) is 104 cm³/mol. The molecule has 3 aromatic rings. The van der Waals surface area contributed by atoms with Crippen LogP contribution in [-0.2, 0) is 16.1 Å². The van der Waals surface area contributed by atoms with E-state index in [0.717, 1.165) is 18.2 Å². The van der Waals surface area contributed by atoms with Crippen LogP contribution in [0.1, 0.15) is 16.1 Å². The number of nitrogens with zero attached hydrogens (tertiary/aromatic N) is 1. The topological polar surface area (TPSA) is 124 Å². The number of furan rings is 1.